The quantitative estimate of drug-likeness (QED) is 0.451. The van der Waals surface area contributed by atoms with E-state index in [2.05, 4.69) is 31.7 Å². The Morgan fingerprint density at radius 3 is 2.59 bits per heavy atom. The maximum Gasteiger partial charge on any atom is 0.296 e. The summed E-state index contributed by atoms with van der Waals surface area (Å²) < 4.78 is 8.11. The van der Waals surface area contributed by atoms with Crippen LogP contribution in [0.5, 0.6) is 11.5 Å². The summed E-state index contributed by atoms with van der Waals surface area (Å²) in [7, 11) is 0. The predicted molar refractivity (Wildman–Crippen MR) is 132 cm³/mol. The van der Waals surface area contributed by atoms with Crippen molar-refractivity contribution in [3.8, 4) is 34.5 Å². The van der Waals surface area contributed by atoms with Gasteiger partial charge in [0.25, 0.3) is 5.91 Å². The van der Waals surface area contributed by atoms with E-state index < -0.39 is 5.54 Å². The normalized spacial score (nSPS) is 16.9. The predicted octanol–water partition coefficient (Wildman–Crippen LogP) is 4.32. The van der Waals surface area contributed by atoms with Crippen LogP contribution in [0.1, 0.15) is 26.0 Å². The maximum atomic E-state index is 12.2. The number of carbonyl (C=O) groups excluding carboxylic acids is 1. The van der Waals surface area contributed by atoms with Gasteiger partial charge in [0.15, 0.2) is 0 Å². The molecule has 1 amide bonds. The van der Waals surface area contributed by atoms with Gasteiger partial charge < -0.3 is 20.4 Å². The van der Waals surface area contributed by atoms with Crippen LogP contribution in [0, 0.1) is 11.8 Å². The molecule has 2 aromatic carbocycles. The van der Waals surface area contributed by atoms with Crippen molar-refractivity contribution in [1.82, 2.24) is 19.9 Å². The molecule has 1 unspecified atom stereocenters. The fourth-order valence-corrected chi connectivity index (χ4v) is 4.64. The Bertz CT molecular complexity index is 1430. The first-order valence-electron chi connectivity index (χ1n) is 11.2. The lowest BCUT2D eigenvalue weighted by Gasteiger charge is -2.35. The number of hydrogen-bond donors (Lipinski definition) is 2. The molecule has 170 valence electrons. The zero-order valence-corrected chi connectivity index (χ0v) is 19.1. The monoisotopic (exact) mass is 451 g/mol. The first-order chi connectivity index (χ1) is 16.5. The molecule has 1 aliphatic heterocycles. The van der Waals surface area contributed by atoms with Gasteiger partial charge in [0.05, 0.1) is 10.9 Å². The van der Waals surface area contributed by atoms with E-state index in [9.17, 15) is 4.79 Å². The van der Waals surface area contributed by atoms with Crippen molar-refractivity contribution < 1.29 is 9.53 Å². The van der Waals surface area contributed by atoms with Gasteiger partial charge in [-0.15, -0.1) is 0 Å². The minimum absolute atomic E-state index is 0.270. The third kappa shape index (κ3) is 3.95. The maximum absolute atomic E-state index is 12.2. The van der Waals surface area contributed by atoms with Crippen LogP contribution in [0.3, 0.4) is 0 Å². The Labute approximate surface area is 198 Å². The summed E-state index contributed by atoms with van der Waals surface area (Å²) in [4.78, 5) is 21.0. The van der Waals surface area contributed by atoms with E-state index in [4.69, 9.17) is 10.5 Å². The molecule has 7 nitrogen and oxygen atoms in total. The van der Waals surface area contributed by atoms with Crippen LogP contribution in [-0.2, 0) is 17.8 Å². The molecular formula is C27H25N5O2. The lowest BCUT2D eigenvalue weighted by atomic mass is 9.89. The fraction of sp³-hybridized carbons (Fsp3) is 0.222. The van der Waals surface area contributed by atoms with Crippen LogP contribution >= 0.6 is 0 Å². The summed E-state index contributed by atoms with van der Waals surface area (Å²) >= 11 is 0. The van der Waals surface area contributed by atoms with Gasteiger partial charge in [-0.1, -0.05) is 36.3 Å². The average molecular weight is 452 g/mol. The number of aromatic nitrogens is 3. The second-order valence-electron chi connectivity index (χ2n) is 8.69. The molecule has 1 atom stereocenters. The number of nitrogens with two attached hydrogens (primary N) is 1. The number of anilines is 1. The summed E-state index contributed by atoms with van der Waals surface area (Å²) in [5, 5.41) is 3.90. The lowest BCUT2D eigenvalue weighted by molar-refractivity contribution is -0.117. The highest BCUT2D eigenvalue weighted by molar-refractivity contribution is 6.02. The van der Waals surface area contributed by atoms with Gasteiger partial charge >= 0.3 is 0 Å². The van der Waals surface area contributed by atoms with E-state index in [1.807, 2.05) is 61.5 Å². The van der Waals surface area contributed by atoms with Crippen molar-refractivity contribution in [1.29, 1.82) is 0 Å². The first kappa shape index (κ1) is 21.5. The molecule has 34 heavy (non-hydrogen) atoms. The standard InChI is InChI=1S/C27H25N5O2/c1-3-7-22(33)31-27(2)15-14-21-23(24-25(28)29-17-30-26(24)32(21)16-27)18-10-12-20(13-11-18)34-19-8-5-4-6-9-19/h4-6,8-13,17H,14-16H2,1-2H3,(H,31,33)(H2,28,29,30). The van der Waals surface area contributed by atoms with Crippen molar-refractivity contribution in [3.05, 3.63) is 66.6 Å². The summed E-state index contributed by atoms with van der Waals surface area (Å²) in [5.41, 5.74) is 9.86. The van der Waals surface area contributed by atoms with E-state index in [0.717, 1.165) is 52.2 Å². The van der Waals surface area contributed by atoms with Gasteiger partial charge in [0.2, 0.25) is 0 Å². The summed E-state index contributed by atoms with van der Waals surface area (Å²) in [6.45, 7) is 4.26. The van der Waals surface area contributed by atoms with Crippen molar-refractivity contribution in [3.63, 3.8) is 0 Å². The third-order valence-corrected chi connectivity index (χ3v) is 6.17. The number of amides is 1. The molecule has 4 aromatic rings. The van der Waals surface area contributed by atoms with Crippen LogP contribution in [0.25, 0.3) is 22.2 Å². The molecule has 0 saturated heterocycles. The highest BCUT2D eigenvalue weighted by Gasteiger charge is 2.35. The minimum atomic E-state index is -0.440. The molecule has 2 aromatic heterocycles. The number of para-hydroxylation sites is 1. The molecule has 7 heteroatoms. The fourth-order valence-electron chi connectivity index (χ4n) is 4.64. The second-order valence-corrected chi connectivity index (χ2v) is 8.69. The first-order valence-corrected chi connectivity index (χ1v) is 11.2. The number of carbonyl (C=O) groups is 1. The zero-order valence-electron chi connectivity index (χ0n) is 19.1. The summed E-state index contributed by atoms with van der Waals surface area (Å²) in [6.07, 6.45) is 3.01. The molecule has 1 aliphatic rings. The molecule has 0 saturated carbocycles. The number of rotatable bonds is 4. The minimum Gasteiger partial charge on any atom is -0.457 e. The van der Waals surface area contributed by atoms with Gasteiger partial charge in [-0.25, -0.2) is 9.97 Å². The molecule has 0 radical (unpaired) electrons. The van der Waals surface area contributed by atoms with Crippen molar-refractivity contribution in [2.45, 2.75) is 38.8 Å². The Morgan fingerprint density at radius 2 is 1.85 bits per heavy atom. The molecule has 0 aliphatic carbocycles. The van der Waals surface area contributed by atoms with Crippen LogP contribution in [0.15, 0.2) is 60.9 Å². The van der Waals surface area contributed by atoms with Crippen molar-refractivity contribution >= 4 is 22.8 Å². The molecule has 0 spiro atoms. The van der Waals surface area contributed by atoms with Crippen LogP contribution in [0.4, 0.5) is 5.82 Å². The van der Waals surface area contributed by atoms with Crippen molar-refractivity contribution in [2.75, 3.05) is 5.73 Å². The van der Waals surface area contributed by atoms with Gasteiger partial charge in [0.1, 0.15) is 29.3 Å². The van der Waals surface area contributed by atoms with Crippen LogP contribution < -0.4 is 15.8 Å². The topological polar surface area (TPSA) is 95.1 Å². The Hall–Kier alpha value is -4.31. The molecule has 0 bridgehead atoms. The highest BCUT2D eigenvalue weighted by atomic mass is 16.5. The zero-order chi connectivity index (χ0) is 23.7. The molecular weight excluding hydrogens is 426 g/mol. The number of nitrogens with zero attached hydrogens (tertiary/aromatic N) is 3. The van der Waals surface area contributed by atoms with Gasteiger partial charge in [-0.05, 0) is 62.4 Å². The van der Waals surface area contributed by atoms with E-state index in [0.29, 0.717) is 12.4 Å². The number of nitrogens with one attached hydrogen (secondary N) is 1. The van der Waals surface area contributed by atoms with Gasteiger partial charge in [0, 0.05) is 17.8 Å². The van der Waals surface area contributed by atoms with E-state index in [1.54, 1.807) is 6.92 Å². The summed E-state index contributed by atoms with van der Waals surface area (Å²) in [5.74, 6) is 6.94. The smallest absolute Gasteiger partial charge is 0.296 e. The number of hydrogen-bond acceptors (Lipinski definition) is 5. The van der Waals surface area contributed by atoms with Crippen LogP contribution in [0.2, 0.25) is 0 Å². The van der Waals surface area contributed by atoms with Gasteiger partial charge in [-0.3, -0.25) is 4.79 Å². The van der Waals surface area contributed by atoms with E-state index in [1.165, 1.54) is 6.33 Å². The average Bonchev–Trinajstić information content (AvgIpc) is 3.15. The second kappa shape index (κ2) is 8.56. The molecule has 5 rings (SSSR count). The van der Waals surface area contributed by atoms with E-state index in [-0.39, 0.29) is 5.91 Å². The SMILES string of the molecule is CC#CC(=O)NC1(C)CCc2c(-c3ccc(Oc4ccccc4)cc3)c3c(N)ncnc3n2C1. The van der Waals surface area contributed by atoms with Crippen molar-refractivity contribution in [2.24, 2.45) is 0 Å². The van der Waals surface area contributed by atoms with E-state index >= 15 is 0 Å². The summed E-state index contributed by atoms with van der Waals surface area (Å²) in [6, 6.07) is 17.7. The Kier molecular flexibility index (Phi) is 5.42. The number of ether oxygens (including phenoxy) is 1. The Morgan fingerprint density at radius 1 is 1.12 bits per heavy atom. The number of nitrogen functional groups attached to an aromatic ring is 1. The highest BCUT2D eigenvalue weighted by Crippen LogP contribution is 2.41. The molecule has 0 fully saturated rings. The number of benzene rings is 2. The molecule has 3 N–H and O–H groups in total. The third-order valence-electron chi connectivity index (χ3n) is 6.17. The largest absolute Gasteiger partial charge is 0.457 e. The number of fused-ring (bicyclic) bond motifs is 3. The molecule has 3 heterocycles. The van der Waals surface area contributed by atoms with Gasteiger partial charge in [-0.2, -0.15) is 0 Å². The lowest BCUT2D eigenvalue weighted by Crippen LogP contribution is -2.51. The Balaban J connectivity index is 1.54. The van der Waals surface area contributed by atoms with Crippen LogP contribution in [-0.4, -0.2) is 26.0 Å².